The third-order valence-corrected chi connectivity index (χ3v) is 2.69. The minimum absolute atomic E-state index is 0.240. The number of fused-ring (bicyclic) bond motifs is 2. The number of rotatable bonds is 3. The van der Waals surface area contributed by atoms with E-state index < -0.39 is 12.2 Å². The Morgan fingerprint density at radius 3 is 3.07 bits per heavy atom. The third-order valence-electron chi connectivity index (χ3n) is 2.69. The summed E-state index contributed by atoms with van der Waals surface area (Å²) in [6.45, 7) is 0.242. The van der Waals surface area contributed by atoms with Crippen LogP contribution in [0.25, 0.3) is 0 Å². The SMILES string of the molecule is [3H]C1O[C@@]2(COC)CN(C)O[C@H]1C2OC. The lowest BCUT2D eigenvalue weighted by Gasteiger charge is -2.41. The summed E-state index contributed by atoms with van der Waals surface area (Å²) in [5, 5.41) is 1.69. The molecule has 5 heteroatoms. The first-order chi connectivity index (χ1) is 7.13. The van der Waals surface area contributed by atoms with E-state index in [-0.39, 0.29) is 12.2 Å². The molecule has 2 heterocycles. The molecule has 0 saturated carbocycles. The molecule has 0 spiro atoms. The number of methoxy groups -OCH3 is 2. The Hall–Kier alpha value is -0.200. The number of hydrogen-bond acceptors (Lipinski definition) is 5. The van der Waals surface area contributed by atoms with E-state index >= 15 is 0 Å². The Kier molecular flexibility index (Phi) is 2.43. The van der Waals surface area contributed by atoms with Crippen molar-refractivity contribution in [3.63, 3.8) is 0 Å². The first-order valence-electron chi connectivity index (χ1n) is 5.20. The summed E-state index contributed by atoms with van der Waals surface area (Å²) in [5.41, 5.74) is -0.576. The van der Waals surface area contributed by atoms with Gasteiger partial charge in [-0.3, -0.25) is 4.84 Å². The van der Waals surface area contributed by atoms with Gasteiger partial charge >= 0.3 is 0 Å². The van der Waals surface area contributed by atoms with Gasteiger partial charge in [0.1, 0.15) is 17.8 Å². The largest absolute Gasteiger partial charge is 0.382 e. The summed E-state index contributed by atoms with van der Waals surface area (Å²) < 4.78 is 24.0. The third kappa shape index (κ3) is 1.45. The van der Waals surface area contributed by atoms with Crippen LogP contribution in [-0.4, -0.2) is 63.9 Å². The molecule has 2 fully saturated rings. The van der Waals surface area contributed by atoms with Gasteiger partial charge in [0.05, 0.1) is 21.1 Å². The second-order valence-electron chi connectivity index (χ2n) is 3.76. The molecule has 0 aromatic heterocycles. The van der Waals surface area contributed by atoms with Crippen LogP contribution in [0.5, 0.6) is 0 Å². The maximum absolute atomic E-state index is 7.78. The van der Waals surface area contributed by atoms with E-state index in [1.165, 1.54) is 0 Å². The van der Waals surface area contributed by atoms with E-state index in [2.05, 4.69) is 0 Å². The molecule has 0 radical (unpaired) electrons. The first-order valence-corrected chi connectivity index (χ1v) is 4.62. The van der Waals surface area contributed by atoms with Gasteiger partial charge in [0.2, 0.25) is 0 Å². The zero-order chi connectivity index (χ0) is 11.1. The Morgan fingerprint density at radius 1 is 1.64 bits per heavy atom. The highest BCUT2D eigenvalue weighted by Crippen LogP contribution is 2.35. The Labute approximate surface area is 85.2 Å². The van der Waals surface area contributed by atoms with Gasteiger partial charge in [-0.15, -0.1) is 0 Å². The van der Waals surface area contributed by atoms with Gasteiger partial charge in [-0.05, 0) is 0 Å². The molecule has 82 valence electrons. The van der Waals surface area contributed by atoms with E-state index in [0.29, 0.717) is 13.2 Å². The summed E-state index contributed by atoms with van der Waals surface area (Å²) in [7, 11) is 5.05. The van der Waals surface area contributed by atoms with E-state index in [1.54, 1.807) is 19.3 Å². The lowest BCUT2D eigenvalue weighted by atomic mass is 9.95. The van der Waals surface area contributed by atoms with Gasteiger partial charge in [0.15, 0.2) is 0 Å². The van der Waals surface area contributed by atoms with Gasteiger partial charge in [0, 0.05) is 21.3 Å². The molecule has 0 aromatic rings. The van der Waals surface area contributed by atoms with Crippen molar-refractivity contribution >= 4 is 0 Å². The van der Waals surface area contributed by atoms with Crippen molar-refractivity contribution in [2.24, 2.45) is 0 Å². The summed E-state index contributed by atoms with van der Waals surface area (Å²) in [4.78, 5) is 5.50. The van der Waals surface area contributed by atoms with E-state index in [0.717, 1.165) is 0 Å². The van der Waals surface area contributed by atoms with Crippen molar-refractivity contribution in [1.29, 1.82) is 0 Å². The van der Waals surface area contributed by atoms with E-state index in [9.17, 15) is 0 Å². The minimum atomic E-state index is -0.713. The highest BCUT2D eigenvalue weighted by Gasteiger charge is 2.56. The molecule has 4 atom stereocenters. The summed E-state index contributed by atoms with van der Waals surface area (Å²) in [6, 6.07) is 0. The zero-order valence-corrected chi connectivity index (χ0v) is 8.73. The highest BCUT2D eigenvalue weighted by molar-refractivity contribution is 5.03. The average Bonchev–Trinajstić information content (AvgIpc) is 2.32. The molecule has 5 nitrogen and oxygen atoms in total. The number of likely N-dealkylation sites (N-methyl/N-ethyl adjacent to an activating group) is 1. The van der Waals surface area contributed by atoms with Crippen LogP contribution < -0.4 is 0 Å². The number of hydroxylamine groups is 2. The van der Waals surface area contributed by atoms with Crippen LogP contribution in [0.15, 0.2) is 0 Å². The number of ether oxygens (including phenoxy) is 3. The summed E-state index contributed by atoms with van der Waals surface area (Å²) in [5.74, 6) is 0. The van der Waals surface area contributed by atoms with Crippen LogP contribution in [0, 0.1) is 0 Å². The van der Waals surface area contributed by atoms with Crippen molar-refractivity contribution in [3.05, 3.63) is 0 Å². The Balaban J connectivity index is 2.24. The van der Waals surface area contributed by atoms with Crippen LogP contribution in [0.2, 0.25) is 0 Å². The first kappa shape index (κ1) is 9.06. The molecule has 2 saturated heterocycles. The number of nitrogens with zero attached hydrogens (tertiary/aromatic N) is 1. The smallest absolute Gasteiger partial charge is 0.135 e. The standard InChI is InChI=1S/C9H17NO4/c1-10-5-9(6-11-2)8(12-3)7(14-10)4-13-9/h7-8H,4-6H2,1-3H3/t7-,8?,9-/m1/s1/i4T/t4?,7-,8?,9-. The van der Waals surface area contributed by atoms with Crippen LogP contribution in [0.3, 0.4) is 0 Å². The Morgan fingerprint density at radius 2 is 2.43 bits per heavy atom. The number of hydrogen-bond donors (Lipinski definition) is 0. The van der Waals surface area contributed by atoms with Gasteiger partial charge in [0.25, 0.3) is 0 Å². The monoisotopic (exact) mass is 205 g/mol. The normalized spacial score (nSPS) is 49.4. The molecular weight excluding hydrogens is 186 g/mol. The maximum atomic E-state index is 7.78. The fraction of sp³-hybridized carbons (Fsp3) is 1.00. The molecule has 0 N–H and O–H groups in total. The van der Waals surface area contributed by atoms with Crippen molar-refractivity contribution < 1.29 is 20.4 Å². The highest BCUT2D eigenvalue weighted by atomic mass is 16.7. The Bertz CT molecular complexity index is 238. The molecule has 14 heavy (non-hydrogen) atoms. The molecule has 2 bridgehead atoms. The molecule has 2 rings (SSSR count). The maximum Gasteiger partial charge on any atom is 0.135 e. The second kappa shape index (κ2) is 3.75. The topological polar surface area (TPSA) is 40.2 Å². The molecule has 2 aliphatic rings. The molecular formula is C9H17NO4. The van der Waals surface area contributed by atoms with Crippen molar-refractivity contribution in [3.8, 4) is 0 Å². The van der Waals surface area contributed by atoms with Gasteiger partial charge < -0.3 is 14.2 Å². The van der Waals surface area contributed by atoms with Crippen molar-refractivity contribution in [2.45, 2.75) is 17.8 Å². The van der Waals surface area contributed by atoms with Crippen molar-refractivity contribution in [1.82, 2.24) is 5.06 Å². The van der Waals surface area contributed by atoms with Gasteiger partial charge in [-0.2, -0.15) is 5.06 Å². The molecule has 2 unspecified atom stereocenters. The zero-order valence-electron chi connectivity index (χ0n) is 9.73. The lowest BCUT2D eigenvalue weighted by molar-refractivity contribution is -0.261. The van der Waals surface area contributed by atoms with E-state index in [4.69, 9.17) is 20.4 Å². The summed E-state index contributed by atoms with van der Waals surface area (Å²) >= 11 is 0. The quantitative estimate of drug-likeness (QED) is 0.630. The predicted octanol–water partition coefficient (Wildman–Crippen LogP) is -0.338. The molecule has 0 aliphatic carbocycles. The van der Waals surface area contributed by atoms with Crippen LogP contribution in [0.4, 0.5) is 0 Å². The van der Waals surface area contributed by atoms with Crippen LogP contribution >= 0.6 is 0 Å². The van der Waals surface area contributed by atoms with Crippen LogP contribution in [0.1, 0.15) is 1.37 Å². The van der Waals surface area contributed by atoms with Crippen molar-refractivity contribution in [2.75, 3.05) is 41.0 Å². The predicted molar refractivity (Wildman–Crippen MR) is 48.9 cm³/mol. The minimum Gasteiger partial charge on any atom is -0.382 e. The molecule has 0 amide bonds. The average molecular weight is 205 g/mol. The molecule has 0 aromatic carbocycles. The van der Waals surface area contributed by atoms with Gasteiger partial charge in [-0.25, -0.2) is 0 Å². The van der Waals surface area contributed by atoms with Crippen LogP contribution in [-0.2, 0) is 19.0 Å². The van der Waals surface area contributed by atoms with Gasteiger partial charge in [-0.1, -0.05) is 0 Å². The lowest BCUT2D eigenvalue weighted by Crippen LogP contribution is -2.59. The second-order valence-corrected chi connectivity index (χ2v) is 3.76. The fourth-order valence-corrected chi connectivity index (χ4v) is 2.22. The summed E-state index contributed by atoms with van der Waals surface area (Å²) in [6.07, 6.45) is -0.611. The van der Waals surface area contributed by atoms with E-state index in [1.807, 2.05) is 7.05 Å². The molecule has 2 aliphatic heterocycles. The fourth-order valence-electron chi connectivity index (χ4n) is 2.22.